The lowest BCUT2D eigenvalue weighted by atomic mass is 10.1. The zero-order valence-corrected chi connectivity index (χ0v) is 14.1. The molecule has 0 aliphatic carbocycles. The summed E-state index contributed by atoms with van der Waals surface area (Å²) in [5.41, 5.74) is 6.46. The van der Waals surface area contributed by atoms with Crippen molar-refractivity contribution < 1.29 is 9.59 Å². The van der Waals surface area contributed by atoms with Crippen molar-refractivity contribution in [2.24, 2.45) is 5.73 Å². The van der Waals surface area contributed by atoms with Crippen LogP contribution in [0, 0.1) is 5.41 Å². The summed E-state index contributed by atoms with van der Waals surface area (Å²) in [5, 5.41) is 17.5. The second kappa shape index (κ2) is 7.92. The molecule has 130 valence electrons. The van der Waals surface area contributed by atoms with Crippen molar-refractivity contribution in [3.8, 4) is 0 Å². The number of hydrogen-bond acceptors (Lipinski definition) is 5. The highest BCUT2D eigenvalue weighted by molar-refractivity contribution is 6.45. The number of carbonyl (C=O) groups excluding carboxylic acids is 2. The van der Waals surface area contributed by atoms with E-state index >= 15 is 0 Å². The van der Waals surface area contributed by atoms with E-state index in [9.17, 15) is 9.59 Å². The maximum Gasteiger partial charge on any atom is 0.270 e. The lowest BCUT2D eigenvalue weighted by Crippen LogP contribution is -2.40. The second-order valence-electron chi connectivity index (χ2n) is 6.40. The maximum absolute atomic E-state index is 12.4. The molecule has 1 aromatic rings. The third kappa shape index (κ3) is 4.79. The van der Waals surface area contributed by atoms with Gasteiger partial charge in [-0.25, -0.2) is 0 Å². The lowest BCUT2D eigenvalue weighted by Gasteiger charge is -2.17. The fourth-order valence-corrected chi connectivity index (χ4v) is 2.85. The number of carbonyl (C=O) groups is 2. The van der Waals surface area contributed by atoms with Gasteiger partial charge in [0.15, 0.2) is 0 Å². The first kappa shape index (κ1) is 17.9. The Morgan fingerprint density at radius 3 is 2.75 bits per heavy atom. The molecule has 1 heterocycles. The van der Waals surface area contributed by atoms with E-state index in [4.69, 9.17) is 11.1 Å². The minimum atomic E-state index is -0.417. The van der Waals surface area contributed by atoms with Crippen molar-refractivity contribution in [1.82, 2.24) is 10.6 Å². The monoisotopic (exact) mass is 331 g/mol. The van der Waals surface area contributed by atoms with Crippen LogP contribution in [0.2, 0.25) is 0 Å². The summed E-state index contributed by atoms with van der Waals surface area (Å²) in [6.07, 6.45) is 0.888. The molecule has 0 radical (unpaired) electrons. The number of benzene rings is 1. The third-order valence-electron chi connectivity index (χ3n) is 3.87. The molecule has 0 saturated carbocycles. The molecule has 24 heavy (non-hydrogen) atoms. The number of anilines is 1. The predicted octanol–water partition coefficient (Wildman–Crippen LogP) is 0.597. The van der Waals surface area contributed by atoms with Gasteiger partial charge in [-0.3, -0.25) is 15.0 Å². The fourth-order valence-electron chi connectivity index (χ4n) is 2.85. The molecule has 6 N–H and O–H groups in total. The number of rotatable bonds is 7. The van der Waals surface area contributed by atoms with Gasteiger partial charge in [0.25, 0.3) is 5.91 Å². The van der Waals surface area contributed by atoms with E-state index in [2.05, 4.69) is 16.0 Å². The predicted molar refractivity (Wildman–Crippen MR) is 94.2 cm³/mol. The van der Waals surface area contributed by atoms with Gasteiger partial charge in [-0.05, 0) is 26.3 Å². The van der Waals surface area contributed by atoms with Crippen molar-refractivity contribution >= 4 is 23.2 Å². The van der Waals surface area contributed by atoms with Gasteiger partial charge in [0.2, 0.25) is 5.91 Å². The summed E-state index contributed by atoms with van der Waals surface area (Å²) in [5.74, 6) is -0.777. The highest BCUT2D eigenvalue weighted by atomic mass is 16.2. The van der Waals surface area contributed by atoms with Gasteiger partial charge in [0, 0.05) is 42.3 Å². The average molecular weight is 331 g/mol. The van der Waals surface area contributed by atoms with Gasteiger partial charge in [0.1, 0.15) is 5.71 Å². The third-order valence-corrected chi connectivity index (χ3v) is 3.87. The van der Waals surface area contributed by atoms with E-state index in [0.717, 1.165) is 5.69 Å². The number of primary amides is 1. The summed E-state index contributed by atoms with van der Waals surface area (Å²) >= 11 is 0. The average Bonchev–Trinajstić information content (AvgIpc) is 2.92. The van der Waals surface area contributed by atoms with E-state index in [0.29, 0.717) is 18.5 Å². The van der Waals surface area contributed by atoms with Crippen molar-refractivity contribution in [3.05, 3.63) is 29.8 Å². The van der Waals surface area contributed by atoms with E-state index in [-0.39, 0.29) is 36.2 Å². The Labute approximate surface area is 141 Å². The molecule has 1 saturated heterocycles. The van der Waals surface area contributed by atoms with Crippen LogP contribution in [0.1, 0.15) is 32.3 Å². The van der Waals surface area contributed by atoms with E-state index in [1.165, 1.54) is 0 Å². The van der Waals surface area contributed by atoms with Crippen LogP contribution in [0.4, 0.5) is 5.69 Å². The van der Waals surface area contributed by atoms with Gasteiger partial charge >= 0.3 is 0 Å². The smallest absolute Gasteiger partial charge is 0.270 e. The zero-order chi connectivity index (χ0) is 17.7. The molecule has 1 aliphatic heterocycles. The summed E-state index contributed by atoms with van der Waals surface area (Å²) in [7, 11) is 0. The molecule has 0 aromatic heterocycles. The van der Waals surface area contributed by atoms with Gasteiger partial charge in [-0.1, -0.05) is 18.2 Å². The Morgan fingerprint density at radius 1 is 1.38 bits per heavy atom. The molecule has 0 unspecified atom stereocenters. The number of hydrogen-bond donors (Lipinski definition) is 5. The largest absolute Gasteiger partial charge is 0.382 e. The van der Waals surface area contributed by atoms with Gasteiger partial charge in [0.05, 0.1) is 0 Å². The van der Waals surface area contributed by atoms with Crippen LogP contribution in [0.15, 0.2) is 24.3 Å². The highest BCUT2D eigenvalue weighted by Crippen LogP contribution is 2.17. The van der Waals surface area contributed by atoms with E-state index < -0.39 is 5.91 Å². The molecule has 7 nitrogen and oxygen atoms in total. The van der Waals surface area contributed by atoms with Crippen LogP contribution >= 0.6 is 0 Å². The van der Waals surface area contributed by atoms with Crippen molar-refractivity contribution in [2.75, 3.05) is 11.9 Å². The summed E-state index contributed by atoms with van der Waals surface area (Å²) in [4.78, 5) is 23.3. The molecular weight excluding hydrogens is 306 g/mol. The second-order valence-corrected chi connectivity index (χ2v) is 6.40. The highest BCUT2D eigenvalue weighted by Gasteiger charge is 2.27. The molecule has 2 amide bonds. The van der Waals surface area contributed by atoms with Crippen LogP contribution in [0.5, 0.6) is 0 Å². The molecule has 0 spiro atoms. The Bertz CT molecular complexity index is 629. The molecule has 1 aromatic carbocycles. The van der Waals surface area contributed by atoms with Crippen molar-refractivity contribution in [1.29, 1.82) is 5.41 Å². The van der Waals surface area contributed by atoms with Crippen LogP contribution in [-0.2, 0) is 9.59 Å². The van der Waals surface area contributed by atoms with Crippen LogP contribution < -0.4 is 21.7 Å². The summed E-state index contributed by atoms with van der Waals surface area (Å²) in [6, 6.07) is 7.38. The fraction of sp³-hybridized carbons (Fsp3) is 0.471. The summed E-state index contributed by atoms with van der Waals surface area (Å²) < 4.78 is 0. The number of para-hydroxylation sites is 1. The molecule has 2 atom stereocenters. The standard InChI is InChI=1S/C17H25N5O2/c1-10(2)21-14-6-4-3-5-13(14)16(19)17(24)22-12-7-11(20-9-12)8-15(18)23/h3-6,10-12,19-21H,7-9H2,1-2H3,(H2,18,23)(H,22,24)/t11-,12-/m0/s1. The summed E-state index contributed by atoms with van der Waals surface area (Å²) in [6.45, 7) is 4.58. The van der Waals surface area contributed by atoms with Gasteiger partial charge in [-0.2, -0.15) is 0 Å². The molecule has 1 aliphatic rings. The Morgan fingerprint density at radius 2 is 2.08 bits per heavy atom. The minimum Gasteiger partial charge on any atom is -0.382 e. The van der Waals surface area contributed by atoms with Crippen LogP contribution in [0.3, 0.4) is 0 Å². The first-order valence-electron chi connectivity index (χ1n) is 8.14. The molecular formula is C17H25N5O2. The Balaban J connectivity index is 1.98. The van der Waals surface area contributed by atoms with E-state index in [1.807, 2.05) is 32.0 Å². The topological polar surface area (TPSA) is 120 Å². The Hall–Kier alpha value is -2.41. The van der Waals surface area contributed by atoms with Crippen molar-refractivity contribution in [2.45, 2.75) is 44.8 Å². The Kier molecular flexibility index (Phi) is 5.92. The lowest BCUT2D eigenvalue weighted by molar-refractivity contribution is -0.118. The van der Waals surface area contributed by atoms with E-state index in [1.54, 1.807) is 6.07 Å². The quantitative estimate of drug-likeness (QED) is 0.470. The molecule has 0 bridgehead atoms. The molecule has 1 fully saturated rings. The normalized spacial score (nSPS) is 20.0. The zero-order valence-electron chi connectivity index (χ0n) is 14.1. The first-order valence-corrected chi connectivity index (χ1v) is 8.14. The number of nitrogens with one attached hydrogen (secondary N) is 4. The van der Waals surface area contributed by atoms with Crippen molar-refractivity contribution in [3.63, 3.8) is 0 Å². The first-order chi connectivity index (χ1) is 11.4. The van der Waals surface area contributed by atoms with Crippen LogP contribution in [0.25, 0.3) is 0 Å². The minimum absolute atomic E-state index is 0.0168. The molecule has 2 rings (SSSR count). The SMILES string of the molecule is CC(C)Nc1ccccc1C(=N)C(=O)N[C@@H]1CN[C@H](CC(N)=O)C1. The number of nitrogens with two attached hydrogens (primary N) is 1. The molecule has 7 heteroatoms. The van der Waals surface area contributed by atoms with Crippen LogP contribution in [-0.4, -0.2) is 42.2 Å². The maximum atomic E-state index is 12.4. The van der Waals surface area contributed by atoms with Gasteiger partial charge < -0.3 is 21.7 Å². The van der Waals surface area contributed by atoms with Gasteiger partial charge in [-0.15, -0.1) is 0 Å². The number of amides is 2.